The van der Waals surface area contributed by atoms with Crippen molar-refractivity contribution in [2.75, 3.05) is 0 Å². The molecule has 0 bridgehead atoms. The minimum atomic E-state index is -2.06. The summed E-state index contributed by atoms with van der Waals surface area (Å²) in [4.78, 5) is 2.86. The summed E-state index contributed by atoms with van der Waals surface area (Å²) in [5, 5.41) is 34.0. The van der Waals surface area contributed by atoms with Gasteiger partial charge in [0.1, 0.15) is 0 Å². The summed E-state index contributed by atoms with van der Waals surface area (Å²) in [5.41, 5.74) is 0. The Kier molecular flexibility index (Phi) is 31.2. The average molecular weight is 136 g/mol. The molecule has 0 rings (SSSR count). The molecule has 6 nitrogen and oxygen atoms in total. The Hall–Kier alpha value is 0.825. The number of rotatable bonds is 1. The molecule has 0 aromatic heterocycles. The van der Waals surface area contributed by atoms with Crippen LogP contribution in [0.15, 0.2) is 0 Å². The van der Waals surface area contributed by atoms with E-state index in [0.717, 1.165) is 0 Å². The van der Waals surface area contributed by atoms with E-state index in [1.807, 2.05) is 0 Å². The van der Waals surface area contributed by atoms with Crippen LogP contribution in [0.5, 0.6) is 0 Å². The SMILES string of the molecule is OO.OOB(O)O.[H-].[Na+]. The molecule has 0 aromatic rings. The maximum Gasteiger partial charge on any atom is 1.00 e. The van der Waals surface area contributed by atoms with Gasteiger partial charge in [0.05, 0.1) is 0 Å². The van der Waals surface area contributed by atoms with Crippen molar-refractivity contribution in [3.05, 3.63) is 0 Å². The summed E-state index contributed by atoms with van der Waals surface area (Å²) in [5.74, 6) is 0. The van der Waals surface area contributed by atoms with Crippen LogP contribution in [0.1, 0.15) is 1.43 Å². The van der Waals surface area contributed by atoms with Gasteiger partial charge in [0.2, 0.25) is 0 Å². The van der Waals surface area contributed by atoms with Crippen LogP contribution in [-0.2, 0) is 4.81 Å². The fraction of sp³-hybridized carbons (Fsp3) is 0. The third-order valence-corrected chi connectivity index (χ3v) is 0.0943. The fourth-order valence-corrected chi connectivity index (χ4v) is 0. The van der Waals surface area contributed by atoms with Gasteiger partial charge in [-0.1, -0.05) is 0 Å². The van der Waals surface area contributed by atoms with E-state index >= 15 is 0 Å². The molecule has 0 saturated carbocycles. The van der Waals surface area contributed by atoms with Gasteiger partial charge in [0.25, 0.3) is 0 Å². The van der Waals surface area contributed by atoms with E-state index in [1.54, 1.807) is 0 Å². The molecule has 5 N–H and O–H groups in total. The van der Waals surface area contributed by atoms with Crippen molar-refractivity contribution in [3.8, 4) is 0 Å². The van der Waals surface area contributed by atoms with Gasteiger partial charge in [-0.15, -0.1) is 0 Å². The first-order valence-corrected chi connectivity index (χ1v) is 1.13. The summed E-state index contributed by atoms with van der Waals surface area (Å²) in [6.45, 7) is 0. The second-order valence-corrected chi connectivity index (χ2v) is 0.432. The number of hydrogen-bond acceptors (Lipinski definition) is 6. The second kappa shape index (κ2) is 15.7. The van der Waals surface area contributed by atoms with Crippen molar-refractivity contribution < 1.29 is 61.6 Å². The normalized spacial score (nSPS) is 5.62. The molecule has 0 heterocycles. The van der Waals surface area contributed by atoms with Crippen molar-refractivity contribution in [1.29, 1.82) is 0 Å². The van der Waals surface area contributed by atoms with Crippen molar-refractivity contribution in [3.63, 3.8) is 0 Å². The Balaban J connectivity index is -0.0000000286. The molecule has 0 unspecified atom stereocenters. The molecule has 0 saturated heterocycles. The third-order valence-electron chi connectivity index (χ3n) is 0.0943. The van der Waals surface area contributed by atoms with E-state index in [9.17, 15) is 0 Å². The van der Waals surface area contributed by atoms with E-state index < -0.39 is 7.32 Å². The predicted octanol–water partition coefficient (Wildman–Crippen LogP) is -4.42. The van der Waals surface area contributed by atoms with Crippen LogP contribution in [-0.4, -0.2) is 33.1 Å². The molecule has 0 aromatic carbocycles. The molecule has 0 spiro atoms. The van der Waals surface area contributed by atoms with Gasteiger partial charge in [-0.3, -0.25) is 15.8 Å². The van der Waals surface area contributed by atoms with Gasteiger partial charge in [-0.2, -0.15) is 0 Å². The zero-order valence-electron chi connectivity index (χ0n) is 5.22. The molecule has 0 radical (unpaired) electrons. The third kappa shape index (κ3) is 29.0. The Morgan fingerprint density at radius 2 is 1.38 bits per heavy atom. The van der Waals surface area contributed by atoms with Gasteiger partial charge < -0.3 is 11.5 Å². The van der Waals surface area contributed by atoms with Gasteiger partial charge >= 0.3 is 36.9 Å². The maximum atomic E-state index is 7.44. The molecular weight excluding hydrogens is 130 g/mol. The first-order chi connectivity index (χ1) is 3.27. The van der Waals surface area contributed by atoms with Crippen molar-refractivity contribution >= 4 is 7.32 Å². The van der Waals surface area contributed by atoms with E-state index in [2.05, 4.69) is 4.81 Å². The molecule has 0 aliphatic carbocycles. The van der Waals surface area contributed by atoms with Crippen LogP contribution in [0.3, 0.4) is 0 Å². The monoisotopic (exact) mass is 136 g/mol. The molecule has 0 aliphatic heterocycles. The Bertz CT molecular complexity index is 27.0. The van der Waals surface area contributed by atoms with E-state index in [4.69, 9.17) is 25.8 Å². The molecule has 8 heavy (non-hydrogen) atoms. The summed E-state index contributed by atoms with van der Waals surface area (Å²) in [7, 11) is -2.06. The van der Waals surface area contributed by atoms with Gasteiger partial charge in [0, 0.05) is 0 Å². The standard InChI is InChI=1S/BH3O4.Na.H2O2.H/c2-1(3)5-4;;1-2;/h2-4H;;1-2H;/q;+1;;-1. The zero-order valence-corrected chi connectivity index (χ0v) is 6.22. The van der Waals surface area contributed by atoms with E-state index in [-0.39, 0.29) is 31.0 Å². The van der Waals surface area contributed by atoms with E-state index in [1.165, 1.54) is 0 Å². The molecule has 0 aliphatic rings. The maximum absolute atomic E-state index is 7.44. The topological polar surface area (TPSA) is 110 Å². The largest absolute Gasteiger partial charge is 1.00 e. The summed E-state index contributed by atoms with van der Waals surface area (Å²) in [6.07, 6.45) is 0. The second-order valence-electron chi connectivity index (χ2n) is 0.432. The molecule has 0 fully saturated rings. The molecule has 46 valence electrons. The molecule has 0 amide bonds. The van der Waals surface area contributed by atoms with Gasteiger partial charge in [-0.25, -0.2) is 4.81 Å². The molecule has 0 atom stereocenters. The fourth-order valence-electron chi connectivity index (χ4n) is 0. The first kappa shape index (κ1) is 15.9. The summed E-state index contributed by atoms with van der Waals surface area (Å²) < 4.78 is 0. The van der Waals surface area contributed by atoms with E-state index in [0.29, 0.717) is 0 Å². The van der Waals surface area contributed by atoms with Crippen LogP contribution in [0.25, 0.3) is 0 Å². The average Bonchev–Trinajstić information content (AvgIpc) is 1.73. The molecule has 8 heteroatoms. The zero-order chi connectivity index (χ0) is 6.28. The summed E-state index contributed by atoms with van der Waals surface area (Å²) in [6, 6.07) is 0. The van der Waals surface area contributed by atoms with Crippen LogP contribution in [0, 0.1) is 0 Å². The van der Waals surface area contributed by atoms with Crippen molar-refractivity contribution in [2.24, 2.45) is 0 Å². The first-order valence-electron chi connectivity index (χ1n) is 1.13. The Morgan fingerprint density at radius 1 is 1.25 bits per heavy atom. The quantitative estimate of drug-likeness (QED) is 0.141. The van der Waals surface area contributed by atoms with Crippen molar-refractivity contribution in [1.82, 2.24) is 0 Å². The van der Waals surface area contributed by atoms with Crippen molar-refractivity contribution in [2.45, 2.75) is 0 Å². The van der Waals surface area contributed by atoms with Gasteiger partial charge in [0.15, 0.2) is 0 Å². The Morgan fingerprint density at radius 3 is 1.38 bits per heavy atom. The smallest absolute Gasteiger partial charge is 1.00 e. The summed E-state index contributed by atoms with van der Waals surface area (Å²) >= 11 is 0. The van der Waals surface area contributed by atoms with Crippen LogP contribution in [0.4, 0.5) is 0 Å². The van der Waals surface area contributed by atoms with Crippen LogP contribution in [0.2, 0.25) is 0 Å². The Labute approximate surface area is 69.1 Å². The van der Waals surface area contributed by atoms with Gasteiger partial charge in [-0.05, 0) is 0 Å². The molecular formula is H6BNaO6. The van der Waals surface area contributed by atoms with Crippen LogP contribution >= 0.6 is 0 Å². The minimum Gasteiger partial charge on any atom is -1.00 e. The van der Waals surface area contributed by atoms with Crippen LogP contribution < -0.4 is 29.6 Å². The minimum absolute atomic E-state index is 0. The number of hydrogen-bond donors (Lipinski definition) is 5. The predicted molar refractivity (Wildman–Crippen MR) is 20.3 cm³/mol.